The number of carbonyl (C=O) groups excluding carboxylic acids is 1. The van der Waals surface area contributed by atoms with Gasteiger partial charge in [-0.1, -0.05) is 22.0 Å². The van der Waals surface area contributed by atoms with Gasteiger partial charge < -0.3 is 14.2 Å². The molecule has 2 rings (SSSR count). The highest BCUT2D eigenvalue weighted by Gasteiger charge is 2.19. The van der Waals surface area contributed by atoms with E-state index in [1.807, 2.05) is 0 Å². The fraction of sp³-hybridized carbons (Fsp3) is 0.235. The summed E-state index contributed by atoms with van der Waals surface area (Å²) < 4.78 is 16.4. The van der Waals surface area contributed by atoms with E-state index in [1.165, 1.54) is 39.3 Å². The highest BCUT2D eigenvalue weighted by atomic mass is 79.9. The summed E-state index contributed by atoms with van der Waals surface area (Å²) >= 11 is 3.39. The fourth-order valence-corrected chi connectivity index (χ4v) is 2.71. The van der Waals surface area contributed by atoms with E-state index in [1.54, 1.807) is 12.1 Å². The molecule has 0 aliphatic rings. The molecule has 0 aromatic heterocycles. The highest BCUT2D eigenvalue weighted by Crippen LogP contribution is 2.33. The van der Waals surface area contributed by atoms with Crippen LogP contribution in [-0.4, -0.2) is 25.1 Å². The van der Waals surface area contributed by atoms with Gasteiger partial charge in [-0.15, -0.1) is 0 Å². The van der Waals surface area contributed by atoms with Gasteiger partial charge in [0.1, 0.15) is 6.61 Å². The van der Waals surface area contributed by atoms with Gasteiger partial charge in [-0.2, -0.15) is 0 Å². The van der Waals surface area contributed by atoms with Gasteiger partial charge in [-0.05, 0) is 25.1 Å². The molecule has 2 aromatic rings. The zero-order valence-corrected chi connectivity index (χ0v) is 15.5. The Kier molecular flexibility index (Phi) is 5.97. The number of benzene rings is 2. The molecular formula is C17H16BrNO6. The van der Waals surface area contributed by atoms with Crippen LogP contribution >= 0.6 is 15.9 Å². The van der Waals surface area contributed by atoms with Crippen LogP contribution in [0.2, 0.25) is 0 Å². The lowest BCUT2D eigenvalue weighted by molar-refractivity contribution is -0.385. The molecule has 0 radical (unpaired) electrons. The van der Waals surface area contributed by atoms with Crippen molar-refractivity contribution in [1.29, 1.82) is 0 Å². The maximum Gasteiger partial charge on any atom is 0.338 e. The Morgan fingerprint density at radius 1 is 1.20 bits per heavy atom. The summed E-state index contributed by atoms with van der Waals surface area (Å²) in [6.45, 7) is 1.49. The lowest BCUT2D eigenvalue weighted by Crippen LogP contribution is -2.09. The summed E-state index contributed by atoms with van der Waals surface area (Å²) in [6.07, 6.45) is 0. The molecule has 0 aliphatic heterocycles. The average Bonchev–Trinajstić information content (AvgIpc) is 2.59. The quantitative estimate of drug-likeness (QED) is 0.406. The first-order valence-electron chi connectivity index (χ1n) is 7.20. The first-order valence-corrected chi connectivity index (χ1v) is 7.99. The Bertz CT molecular complexity index is 821. The number of halogens is 1. The Morgan fingerprint density at radius 3 is 2.44 bits per heavy atom. The second kappa shape index (κ2) is 7.98. The predicted molar refractivity (Wildman–Crippen MR) is 94.2 cm³/mol. The maximum absolute atomic E-state index is 12.3. The first-order chi connectivity index (χ1) is 11.9. The molecule has 0 spiro atoms. The van der Waals surface area contributed by atoms with E-state index < -0.39 is 10.9 Å². The number of nitrogens with zero attached hydrogens (tertiary/aromatic N) is 1. The minimum atomic E-state index is -0.636. The first kappa shape index (κ1) is 18.7. The van der Waals surface area contributed by atoms with Crippen molar-refractivity contribution in [3.63, 3.8) is 0 Å². The van der Waals surface area contributed by atoms with Gasteiger partial charge in [-0.25, -0.2) is 4.79 Å². The smallest absolute Gasteiger partial charge is 0.338 e. The Labute approximate surface area is 152 Å². The number of esters is 1. The molecule has 0 amide bonds. The molecule has 0 atom stereocenters. The molecule has 0 heterocycles. The minimum absolute atomic E-state index is 0.0259. The Balaban J connectivity index is 2.21. The third-order valence-electron chi connectivity index (χ3n) is 3.63. The van der Waals surface area contributed by atoms with Crippen LogP contribution in [0.4, 0.5) is 5.69 Å². The number of carbonyl (C=O) groups is 1. The Hall–Kier alpha value is -2.61. The van der Waals surface area contributed by atoms with Gasteiger partial charge in [0.05, 0.1) is 24.7 Å². The van der Waals surface area contributed by atoms with Crippen molar-refractivity contribution in [3.05, 3.63) is 61.6 Å². The van der Waals surface area contributed by atoms with Crippen molar-refractivity contribution in [1.82, 2.24) is 0 Å². The monoisotopic (exact) mass is 409 g/mol. The van der Waals surface area contributed by atoms with Gasteiger partial charge in [0.2, 0.25) is 0 Å². The lowest BCUT2D eigenvalue weighted by atomic mass is 10.1. The molecule has 7 nitrogen and oxygen atoms in total. The standard InChI is InChI=1S/C17H16BrNO6/c1-10-12(5-4-6-14(10)19(21)22)17(20)25-9-11-7-15(23-2)16(24-3)8-13(11)18/h4-8H,9H2,1-3H3. The second-order valence-corrected chi connectivity index (χ2v) is 5.94. The van der Waals surface area contributed by atoms with Crippen molar-refractivity contribution in [2.24, 2.45) is 0 Å². The molecule has 0 aliphatic carbocycles. The van der Waals surface area contributed by atoms with E-state index in [0.29, 0.717) is 21.5 Å². The number of hydrogen-bond donors (Lipinski definition) is 0. The molecule has 0 bridgehead atoms. The summed E-state index contributed by atoms with van der Waals surface area (Å²) in [5.74, 6) is 0.408. The normalized spacial score (nSPS) is 10.2. The molecule has 2 aromatic carbocycles. The van der Waals surface area contributed by atoms with E-state index in [4.69, 9.17) is 14.2 Å². The zero-order chi connectivity index (χ0) is 18.6. The van der Waals surface area contributed by atoms with Crippen molar-refractivity contribution >= 4 is 27.6 Å². The van der Waals surface area contributed by atoms with Crippen molar-refractivity contribution in [2.45, 2.75) is 13.5 Å². The number of nitro groups is 1. The van der Waals surface area contributed by atoms with E-state index in [-0.39, 0.29) is 23.4 Å². The summed E-state index contributed by atoms with van der Waals surface area (Å²) in [7, 11) is 3.03. The SMILES string of the molecule is COc1cc(Br)c(COC(=O)c2cccc([N+](=O)[O-])c2C)cc1OC. The van der Waals surface area contributed by atoms with Crippen molar-refractivity contribution < 1.29 is 23.9 Å². The van der Waals surface area contributed by atoms with Crippen LogP contribution in [0, 0.1) is 17.0 Å². The number of methoxy groups -OCH3 is 2. The van der Waals surface area contributed by atoms with Gasteiger partial charge in [0, 0.05) is 21.7 Å². The van der Waals surface area contributed by atoms with E-state index >= 15 is 0 Å². The molecule has 25 heavy (non-hydrogen) atoms. The van der Waals surface area contributed by atoms with Crippen LogP contribution in [0.5, 0.6) is 11.5 Å². The van der Waals surface area contributed by atoms with Crippen LogP contribution in [0.15, 0.2) is 34.8 Å². The third-order valence-corrected chi connectivity index (χ3v) is 4.37. The molecular weight excluding hydrogens is 394 g/mol. The number of ether oxygens (including phenoxy) is 3. The number of hydrogen-bond acceptors (Lipinski definition) is 6. The molecule has 0 N–H and O–H groups in total. The molecule has 132 valence electrons. The second-order valence-electron chi connectivity index (χ2n) is 5.08. The topological polar surface area (TPSA) is 87.9 Å². The van der Waals surface area contributed by atoms with Gasteiger partial charge in [-0.3, -0.25) is 10.1 Å². The molecule has 8 heteroatoms. The van der Waals surface area contributed by atoms with Crippen molar-refractivity contribution in [3.8, 4) is 11.5 Å². The largest absolute Gasteiger partial charge is 0.493 e. The minimum Gasteiger partial charge on any atom is -0.493 e. The van der Waals surface area contributed by atoms with Crippen LogP contribution in [0.3, 0.4) is 0 Å². The van der Waals surface area contributed by atoms with E-state index in [9.17, 15) is 14.9 Å². The predicted octanol–water partition coefficient (Wildman–Crippen LogP) is 4.04. The lowest BCUT2D eigenvalue weighted by Gasteiger charge is -2.12. The fourth-order valence-electron chi connectivity index (χ4n) is 2.27. The number of rotatable bonds is 6. The van der Waals surface area contributed by atoms with Crippen molar-refractivity contribution in [2.75, 3.05) is 14.2 Å². The van der Waals surface area contributed by atoms with Gasteiger partial charge in [0.15, 0.2) is 11.5 Å². The highest BCUT2D eigenvalue weighted by molar-refractivity contribution is 9.10. The zero-order valence-electron chi connectivity index (χ0n) is 13.9. The van der Waals surface area contributed by atoms with Crippen LogP contribution < -0.4 is 9.47 Å². The summed E-state index contributed by atoms with van der Waals surface area (Å²) in [4.78, 5) is 22.7. The van der Waals surface area contributed by atoms with Crippen LogP contribution in [0.1, 0.15) is 21.5 Å². The molecule has 0 unspecified atom stereocenters. The van der Waals surface area contributed by atoms with Gasteiger partial charge in [0.25, 0.3) is 5.69 Å². The summed E-state index contributed by atoms with van der Waals surface area (Å²) in [5.41, 5.74) is 0.977. The molecule has 0 saturated carbocycles. The third kappa shape index (κ3) is 4.08. The molecule has 0 fully saturated rings. The molecule has 0 saturated heterocycles. The van der Waals surface area contributed by atoms with E-state index in [2.05, 4.69) is 15.9 Å². The summed E-state index contributed by atoms with van der Waals surface area (Å²) in [5, 5.41) is 11.0. The Morgan fingerprint density at radius 2 is 1.84 bits per heavy atom. The van der Waals surface area contributed by atoms with Crippen LogP contribution in [-0.2, 0) is 11.3 Å². The van der Waals surface area contributed by atoms with E-state index in [0.717, 1.165) is 0 Å². The van der Waals surface area contributed by atoms with Gasteiger partial charge >= 0.3 is 5.97 Å². The average molecular weight is 410 g/mol. The van der Waals surface area contributed by atoms with Crippen LogP contribution in [0.25, 0.3) is 0 Å². The summed E-state index contributed by atoms with van der Waals surface area (Å²) in [6, 6.07) is 7.69. The number of nitro benzene ring substituents is 1. The maximum atomic E-state index is 12.3.